The summed E-state index contributed by atoms with van der Waals surface area (Å²) in [5.74, 6) is 0.994. The Morgan fingerprint density at radius 3 is 2.47 bits per heavy atom. The number of hydrogen-bond acceptors (Lipinski definition) is 4. The summed E-state index contributed by atoms with van der Waals surface area (Å²) in [6, 6.07) is 0. The third-order valence-electron chi connectivity index (χ3n) is 3.01. The van der Waals surface area contributed by atoms with Gasteiger partial charge in [-0.25, -0.2) is 0 Å². The lowest BCUT2D eigenvalue weighted by molar-refractivity contribution is -0.142. The Hall–Kier alpha value is -0.550. The molecule has 5 heteroatoms. The lowest BCUT2D eigenvalue weighted by Crippen LogP contribution is -2.45. The Labute approximate surface area is 93.0 Å². The molecule has 4 nitrogen and oxygen atoms in total. The summed E-state index contributed by atoms with van der Waals surface area (Å²) in [7, 11) is 0. The van der Waals surface area contributed by atoms with Gasteiger partial charge in [-0.3, -0.25) is 14.5 Å². The first-order valence-electron chi connectivity index (χ1n) is 5.26. The molecule has 2 atom stereocenters. The number of hydrogen-bond donors (Lipinski definition) is 1. The minimum absolute atomic E-state index is 0.0716. The van der Waals surface area contributed by atoms with Gasteiger partial charge in [0.1, 0.15) is 0 Å². The predicted molar refractivity (Wildman–Crippen MR) is 57.4 cm³/mol. The van der Waals surface area contributed by atoms with Gasteiger partial charge in [0.15, 0.2) is 0 Å². The normalized spacial score (nSPS) is 32.5. The van der Waals surface area contributed by atoms with Crippen molar-refractivity contribution in [2.75, 3.05) is 18.1 Å². The average Bonchev–Trinajstić information content (AvgIpc) is 2.58. The van der Waals surface area contributed by atoms with Crippen molar-refractivity contribution >= 4 is 23.6 Å². The minimum atomic E-state index is -0.237. The van der Waals surface area contributed by atoms with E-state index in [0.717, 1.165) is 19.3 Å². The molecule has 2 rings (SSSR count). The molecule has 2 amide bonds. The molecule has 2 fully saturated rings. The number of amides is 2. The van der Waals surface area contributed by atoms with Crippen LogP contribution in [0.2, 0.25) is 0 Å². The van der Waals surface area contributed by atoms with E-state index in [2.05, 4.69) is 0 Å². The highest BCUT2D eigenvalue weighted by Gasteiger charge is 2.31. The summed E-state index contributed by atoms with van der Waals surface area (Å²) in [5.41, 5.74) is 0. The summed E-state index contributed by atoms with van der Waals surface area (Å²) in [6.45, 7) is 0.509. The van der Waals surface area contributed by atoms with Crippen LogP contribution in [0.5, 0.6) is 0 Å². The van der Waals surface area contributed by atoms with Gasteiger partial charge in [0, 0.05) is 6.54 Å². The van der Waals surface area contributed by atoms with E-state index in [4.69, 9.17) is 0 Å². The first kappa shape index (κ1) is 11.0. The number of rotatable bonds is 2. The van der Waals surface area contributed by atoms with E-state index in [9.17, 15) is 14.7 Å². The number of carbonyl (C=O) groups excluding carboxylic acids is 2. The maximum absolute atomic E-state index is 11.5. The second-order valence-corrected chi connectivity index (χ2v) is 5.21. The molecule has 0 radical (unpaired) electrons. The highest BCUT2D eigenvalue weighted by atomic mass is 32.2. The summed E-state index contributed by atoms with van der Waals surface area (Å²) in [5, 5.41) is 9.37. The molecule has 15 heavy (non-hydrogen) atoms. The molecular formula is C10H15NO3S. The molecule has 84 valence electrons. The molecule has 0 aromatic heterocycles. The van der Waals surface area contributed by atoms with Crippen LogP contribution in [0.1, 0.15) is 19.3 Å². The van der Waals surface area contributed by atoms with Crippen molar-refractivity contribution in [3.8, 4) is 0 Å². The van der Waals surface area contributed by atoms with Crippen LogP contribution in [-0.2, 0) is 9.59 Å². The fourth-order valence-corrected chi connectivity index (χ4v) is 2.96. The monoisotopic (exact) mass is 229 g/mol. The molecule has 1 N–H and O–H groups in total. The molecule has 0 spiro atoms. The minimum Gasteiger partial charge on any atom is -0.393 e. The summed E-state index contributed by atoms with van der Waals surface area (Å²) >= 11 is 1.38. The zero-order valence-corrected chi connectivity index (χ0v) is 9.33. The average molecular weight is 229 g/mol. The summed E-state index contributed by atoms with van der Waals surface area (Å²) in [4.78, 5) is 24.4. The SMILES string of the molecule is O=C1CSCC(=O)N1CC1CCC(O)C1. The quantitative estimate of drug-likeness (QED) is 0.690. The summed E-state index contributed by atoms with van der Waals surface area (Å²) in [6.07, 6.45) is 2.21. The van der Waals surface area contributed by atoms with E-state index in [1.807, 2.05) is 0 Å². The van der Waals surface area contributed by atoms with Gasteiger partial charge < -0.3 is 5.11 Å². The molecular weight excluding hydrogens is 214 g/mol. The van der Waals surface area contributed by atoms with Gasteiger partial charge >= 0.3 is 0 Å². The third kappa shape index (κ3) is 2.52. The fraction of sp³-hybridized carbons (Fsp3) is 0.800. The van der Waals surface area contributed by atoms with Crippen LogP contribution < -0.4 is 0 Å². The Kier molecular flexibility index (Phi) is 3.31. The van der Waals surface area contributed by atoms with E-state index >= 15 is 0 Å². The first-order chi connectivity index (χ1) is 7.16. The van der Waals surface area contributed by atoms with Crippen LogP contribution in [0.3, 0.4) is 0 Å². The fourth-order valence-electron chi connectivity index (χ4n) is 2.20. The second kappa shape index (κ2) is 4.53. The van der Waals surface area contributed by atoms with Crippen LogP contribution in [-0.4, -0.2) is 46.0 Å². The van der Waals surface area contributed by atoms with E-state index in [-0.39, 0.29) is 17.9 Å². The number of aliphatic hydroxyl groups excluding tert-OH is 1. The maximum Gasteiger partial charge on any atom is 0.239 e. The highest BCUT2D eigenvalue weighted by molar-refractivity contribution is 8.00. The van der Waals surface area contributed by atoms with Gasteiger partial charge in [-0.15, -0.1) is 11.8 Å². The second-order valence-electron chi connectivity index (χ2n) is 4.22. The standard InChI is InChI=1S/C10H15NO3S/c12-8-2-1-7(3-8)4-11-9(13)5-15-6-10(11)14/h7-8,12H,1-6H2. The Balaban J connectivity index is 1.92. The van der Waals surface area contributed by atoms with Gasteiger partial charge in [-0.1, -0.05) is 0 Å². The molecule has 1 saturated heterocycles. The lowest BCUT2D eigenvalue weighted by atomic mass is 10.1. The topological polar surface area (TPSA) is 57.6 Å². The van der Waals surface area contributed by atoms with Crippen LogP contribution in [0.15, 0.2) is 0 Å². The van der Waals surface area contributed by atoms with Crippen molar-refractivity contribution in [2.45, 2.75) is 25.4 Å². The molecule has 0 aromatic carbocycles. The van der Waals surface area contributed by atoms with Gasteiger partial charge in [0.05, 0.1) is 17.6 Å². The largest absolute Gasteiger partial charge is 0.393 e. The van der Waals surface area contributed by atoms with Crippen LogP contribution in [0, 0.1) is 5.92 Å². The number of thioether (sulfide) groups is 1. The van der Waals surface area contributed by atoms with Gasteiger partial charge in [0.25, 0.3) is 0 Å². The van der Waals surface area contributed by atoms with E-state index in [1.165, 1.54) is 16.7 Å². The zero-order chi connectivity index (χ0) is 10.8. The van der Waals surface area contributed by atoms with E-state index in [1.54, 1.807) is 0 Å². The Morgan fingerprint density at radius 1 is 1.27 bits per heavy atom. The van der Waals surface area contributed by atoms with Crippen LogP contribution >= 0.6 is 11.8 Å². The highest BCUT2D eigenvalue weighted by Crippen LogP contribution is 2.27. The molecule has 1 heterocycles. The predicted octanol–water partition coefficient (Wildman–Crippen LogP) is 0.249. The Bertz CT molecular complexity index is 266. The molecule has 0 aromatic rings. The molecule has 1 saturated carbocycles. The maximum atomic E-state index is 11.5. The molecule has 1 aliphatic heterocycles. The van der Waals surface area contributed by atoms with Gasteiger partial charge in [-0.2, -0.15) is 0 Å². The van der Waals surface area contributed by atoms with Gasteiger partial charge in [0.2, 0.25) is 11.8 Å². The van der Waals surface area contributed by atoms with Crippen molar-refractivity contribution in [3.63, 3.8) is 0 Å². The number of imide groups is 1. The van der Waals surface area contributed by atoms with Crippen LogP contribution in [0.25, 0.3) is 0 Å². The summed E-state index contributed by atoms with van der Waals surface area (Å²) < 4.78 is 0. The molecule has 2 aliphatic rings. The zero-order valence-electron chi connectivity index (χ0n) is 8.52. The molecule has 1 aliphatic carbocycles. The van der Waals surface area contributed by atoms with Crippen molar-refractivity contribution in [2.24, 2.45) is 5.92 Å². The lowest BCUT2D eigenvalue weighted by Gasteiger charge is -2.27. The van der Waals surface area contributed by atoms with E-state index < -0.39 is 0 Å². The van der Waals surface area contributed by atoms with Gasteiger partial charge in [-0.05, 0) is 25.2 Å². The van der Waals surface area contributed by atoms with E-state index in [0.29, 0.717) is 24.0 Å². The van der Waals surface area contributed by atoms with Crippen molar-refractivity contribution in [1.29, 1.82) is 0 Å². The van der Waals surface area contributed by atoms with Crippen molar-refractivity contribution < 1.29 is 14.7 Å². The molecule has 2 unspecified atom stereocenters. The number of aliphatic hydroxyl groups is 1. The Morgan fingerprint density at radius 2 is 1.93 bits per heavy atom. The molecule has 0 bridgehead atoms. The number of nitrogens with zero attached hydrogens (tertiary/aromatic N) is 1. The number of carbonyl (C=O) groups is 2. The van der Waals surface area contributed by atoms with Crippen LogP contribution in [0.4, 0.5) is 0 Å². The van der Waals surface area contributed by atoms with Crippen molar-refractivity contribution in [3.05, 3.63) is 0 Å². The first-order valence-corrected chi connectivity index (χ1v) is 6.41. The van der Waals surface area contributed by atoms with Crippen molar-refractivity contribution in [1.82, 2.24) is 4.90 Å². The third-order valence-corrected chi connectivity index (χ3v) is 3.91. The smallest absolute Gasteiger partial charge is 0.239 e.